The van der Waals surface area contributed by atoms with Gasteiger partial charge in [-0.15, -0.1) is 0 Å². The lowest BCUT2D eigenvalue weighted by atomic mass is 9.75. The minimum atomic E-state index is -0.800. The zero-order valence-corrected chi connectivity index (χ0v) is 10.6. The number of nitrogens with zero attached hydrogens (tertiary/aromatic N) is 1. The molecule has 0 aromatic carbocycles. The van der Waals surface area contributed by atoms with Crippen LogP contribution in [0.15, 0.2) is 18.3 Å². The van der Waals surface area contributed by atoms with Gasteiger partial charge in [-0.1, -0.05) is 19.8 Å². The summed E-state index contributed by atoms with van der Waals surface area (Å²) in [6.07, 6.45) is 6.72. The summed E-state index contributed by atoms with van der Waals surface area (Å²) in [5, 5.41) is 10.8. The molecule has 1 aromatic rings. The zero-order valence-electron chi connectivity index (χ0n) is 10.6. The Balaban J connectivity index is 2.30. The lowest BCUT2D eigenvalue weighted by molar-refractivity contribution is -0.0271. The second kappa shape index (κ2) is 5.05. The molecule has 1 aliphatic carbocycles. The summed E-state index contributed by atoms with van der Waals surface area (Å²) in [6.45, 7) is 2.19. The van der Waals surface area contributed by atoms with Crippen LogP contribution in [0.3, 0.4) is 0 Å². The van der Waals surface area contributed by atoms with E-state index in [1.165, 1.54) is 6.42 Å². The van der Waals surface area contributed by atoms with Crippen LogP contribution in [0.25, 0.3) is 0 Å². The topological polar surface area (TPSA) is 42.4 Å². The van der Waals surface area contributed by atoms with Crippen molar-refractivity contribution in [1.82, 2.24) is 4.98 Å². The maximum Gasteiger partial charge on any atom is 0.143 e. The quantitative estimate of drug-likeness (QED) is 0.876. The highest BCUT2D eigenvalue weighted by Gasteiger charge is 2.38. The average Bonchev–Trinajstić information content (AvgIpc) is 2.38. The second-order valence-electron chi connectivity index (χ2n) is 4.96. The van der Waals surface area contributed by atoms with Crippen LogP contribution in [-0.4, -0.2) is 17.2 Å². The Labute approximate surface area is 103 Å². The summed E-state index contributed by atoms with van der Waals surface area (Å²) in [7, 11) is 1.63. The minimum Gasteiger partial charge on any atom is -0.495 e. The van der Waals surface area contributed by atoms with E-state index in [0.29, 0.717) is 17.4 Å². The van der Waals surface area contributed by atoms with Crippen molar-refractivity contribution >= 4 is 0 Å². The molecule has 1 heterocycles. The fraction of sp³-hybridized carbons (Fsp3) is 0.643. The predicted molar refractivity (Wildman–Crippen MR) is 66.9 cm³/mol. The Morgan fingerprint density at radius 2 is 2.41 bits per heavy atom. The monoisotopic (exact) mass is 235 g/mol. The molecule has 3 heteroatoms. The van der Waals surface area contributed by atoms with E-state index >= 15 is 0 Å². The Kier molecular flexibility index (Phi) is 3.67. The molecule has 1 aliphatic rings. The smallest absolute Gasteiger partial charge is 0.143 e. The molecule has 0 spiro atoms. The van der Waals surface area contributed by atoms with Crippen molar-refractivity contribution in [3.8, 4) is 5.75 Å². The normalized spacial score (nSPS) is 29.0. The number of ether oxygens (including phenoxy) is 1. The van der Waals surface area contributed by atoms with Gasteiger partial charge in [-0.05, 0) is 37.3 Å². The molecule has 2 atom stereocenters. The number of aliphatic hydroxyl groups is 1. The van der Waals surface area contributed by atoms with Gasteiger partial charge in [-0.3, -0.25) is 4.98 Å². The van der Waals surface area contributed by atoms with Gasteiger partial charge in [0.05, 0.1) is 7.11 Å². The molecule has 17 heavy (non-hydrogen) atoms. The maximum atomic E-state index is 10.8. The van der Waals surface area contributed by atoms with Crippen LogP contribution in [0.5, 0.6) is 5.75 Å². The van der Waals surface area contributed by atoms with Gasteiger partial charge in [-0.2, -0.15) is 0 Å². The second-order valence-corrected chi connectivity index (χ2v) is 4.96. The van der Waals surface area contributed by atoms with Gasteiger partial charge in [0.1, 0.15) is 17.0 Å². The van der Waals surface area contributed by atoms with Gasteiger partial charge >= 0.3 is 0 Å². The molecule has 1 saturated carbocycles. The van der Waals surface area contributed by atoms with Crippen LogP contribution in [0, 0.1) is 5.92 Å². The van der Waals surface area contributed by atoms with E-state index in [1.54, 1.807) is 13.3 Å². The SMILES string of the molecule is CCC1CCCC(O)(c2ncccc2OC)C1. The average molecular weight is 235 g/mol. The molecule has 94 valence electrons. The third kappa shape index (κ3) is 2.44. The Hall–Kier alpha value is -1.09. The van der Waals surface area contributed by atoms with E-state index in [2.05, 4.69) is 11.9 Å². The minimum absolute atomic E-state index is 0.598. The van der Waals surface area contributed by atoms with Crippen molar-refractivity contribution in [3.63, 3.8) is 0 Å². The highest BCUT2D eigenvalue weighted by Crippen LogP contribution is 2.42. The van der Waals surface area contributed by atoms with Gasteiger partial charge in [0.2, 0.25) is 0 Å². The van der Waals surface area contributed by atoms with Crippen LogP contribution in [0.4, 0.5) is 0 Å². The van der Waals surface area contributed by atoms with E-state index in [4.69, 9.17) is 4.74 Å². The largest absolute Gasteiger partial charge is 0.495 e. The van der Waals surface area contributed by atoms with Crippen molar-refractivity contribution < 1.29 is 9.84 Å². The van der Waals surface area contributed by atoms with Gasteiger partial charge < -0.3 is 9.84 Å². The summed E-state index contributed by atoms with van der Waals surface area (Å²) >= 11 is 0. The highest BCUT2D eigenvalue weighted by atomic mass is 16.5. The van der Waals surface area contributed by atoms with Gasteiger partial charge in [0.25, 0.3) is 0 Å². The van der Waals surface area contributed by atoms with E-state index in [0.717, 1.165) is 25.7 Å². The number of rotatable bonds is 3. The maximum absolute atomic E-state index is 10.8. The number of hydrogen-bond donors (Lipinski definition) is 1. The van der Waals surface area contributed by atoms with Crippen LogP contribution >= 0.6 is 0 Å². The molecule has 3 nitrogen and oxygen atoms in total. The molecular weight excluding hydrogens is 214 g/mol. The summed E-state index contributed by atoms with van der Waals surface area (Å²) in [4.78, 5) is 4.34. The molecular formula is C14H21NO2. The number of methoxy groups -OCH3 is 1. The van der Waals surface area contributed by atoms with Gasteiger partial charge in [0, 0.05) is 6.20 Å². The molecule has 0 aliphatic heterocycles. The predicted octanol–water partition coefficient (Wildman–Crippen LogP) is 2.88. The Morgan fingerprint density at radius 3 is 3.12 bits per heavy atom. The van der Waals surface area contributed by atoms with Crippen LogP contribution in [0.1, 0.15) is 44.7 Å². The lowest BCUT2D eigenvalue weighted by Gasteiger charge is -2.36. The first-order chi connectivity index (χ1) is 8.19. The van der Waals surface area contributed by atoms with E-state index in [1.807, 2.05) is 12.1 Å². The molecule has 0 bridgehead atoms. The third-order valence-corrected chi connectivity index (χ3v) is 3.84. The fourth-order valence-electron chi connectivity index (χ4n) is 2.83. The van der Waals surface area contributed by atoms with E-state index in [-0.39, 0.29) is 0 Å². The van der Waals surface area contributed by atoms with Gasteiger partial charge in [0.15, 0.2) is 0 Å². The van der Waals surface area contributed by atoms with E-state index in [9.17, 15) is 5.11 Å². The molecule has 2 unspecified atom stereocenters. The van der Waals surface area contributed by atoms with Crippen molar-refractivity contribution in [2.45, 2.75) is 44.6 Å². The first-order valence-electron chi connectivity index (χ1n) is 6.41. The lowest BCUT2D eigenvalue weighted by Crippen LogP contribution is -2.33. The van der Waals surface area contributed by atoms with Crippen LogP contribution in [-0.2, 0) is 5.60 Å². The number of aromatic nitrogens is 1. The zero-order chi connectivity index (χ0) is 12.3. The van der Waals surface area contributed by atoms with Crippen molar-refractivity contribution in [3.05, 3.63) is 24.0 Å². The summed E-state index contributed by atoms with van der Waals surface area (Å²) in [6, 6.07) is 3.71. The summed E-state index contributed by atoms with van der Waals surface area (Å²) in [5.41, 5.74) is -0.0911. The van der Waals surface area contributed by atoms with Crippen LogP contribution in [0.2, 0.25) is 0 Å². The molecule has 1 N–H and O–H groups in total. The van der Waals surface area contributed by atoms with Crippen molar-refractivity contribution in [1.29, 1.82) is 0 Å². The van der Waals surface area contributed by atoms with Gasteiger partial charge in [-0.25, -0.2) is 0 Å². The third-order valence-electron chi connectivity index (χ3n) is 3.84. The van der Waals surface area contributed by atoms with Crippen LogP contribution < -0.4 is 4.74 Å². The standard InChI is InChI=1S/C14H21NO2/c1-3-11-6-4-8-14(16,10-11)13-12(17-2)7-5-9-15-13/h5,7,9,11,16H,3-4,6,8,10H2,1-2H3. The molecule has 1 aromatic heterocycles. The first-order valence-corrected chi connectivity index (χ1v) is 6.41. The summed E-state index contributed by atoms with van der Waals surface area (Å²) in [5.74, 6) is 1.30. The summed E-state index contributed by atoms with van der Waals surface area (Å²) < 4.78 is 5.31. The first kappa shape index (κ1) is 12.4. The fourth-order valence-corrected chi connectivity index (χ4v) is 2.83. The molecule has 0 amide bonds. The Morgan fingerprint density at radius 1 is 1.59 bits per heavy atom. The Bertz CT molecular complexity index is 380. The number of pyridine rings is 1. The van der Waals surface area contributed by atoms with E-state index < -0.39 is 5.60 Å². The molecule has 0 saturated heterocycles. The highest BCUT2D eigenvalue weighted by molar-refractivity contribution is 5.32. The molecule has 2 rings (SSSR count). The number of hydrogen-bond acceptors (Lipinski definition) is 3. The van der Waals surface area contributed by atoms with Crippen molar-refractivity contribution in [2.75, 3.05) is 7.11 Å². The van der Waals surface area contributed by atoms with Crippen molar-refractivity contribution in [2.24, 2.45) is 5.92 Å². The molecule has 0 radical (unpaired) electrons. The molecule has 1 fully saturated rings.